The average Bonchev–Trinajstić information content (AvgIpc) is 2.93. The van der Waals surface area contributed by atoms with Gasteiger partial charge in [0.1, 0.15) is 16.4 Å². The van der Waals surface area contributed by atoms with Crippen molar-refractivity contribution in [2.45, 2.75) is 31.8 Å². The summed E-state index contributed by atoms with van der Waals surface area (Å²) >= 11 is 1.48. The molecule has 8 heteroatoms. The molecule has 2 aromatic heterocycles. The van der Waals surface area contributed by atoms with Gasteiger partial charge < -0.3 is 10.2 Å². The highest BCUT2D eigenvalue weighted by Gasteiger charge is 2.21. The molecule has 0 atom stereocenters. The van der Waals surface area contributed by atoms with Crippen molar-refractivity contribution in [2.75, 3.05) is 0 Å². The van der Waals surface area contributed by atoms with E-state index in [2.05, 4.69) is 9.71 Å². The molecule has 0 fully saturated rings. The second kappa shape index (κ2) is 5.41. The number of aryl methyl sites for hydroxylation is 2. The minimum absolute atomic E-state index is 0.125. The zero-order valence-corrected chi connectivity index (χ0v) is 12.3. The van der Waals surface area contributed by atoms with E-state index in [0.29, 0.717) is 17.2 Å². The summed E-state index contributed by atoms with van der Waals surface area (Å²) in [7, 11) is -3.60. The lowest BCUT2D eigenvalue weighted by Gasteiger charge is -2.03. The molecule has 3 N–H and O–H groups in total. The van der Waals surface area contributed by atoms with Crippen LogP contribution in [0, 0.1) is 13.8 Å². The molecule has 19 heavy (non-hydrogen) atoms. The minimum atomic E-state index is -3.60. The molecule has 0 saturated heterocycles. The first-order valence-corrected chi connectivity index (χ1v) is 7.98. The first kappa shape index (κ1) is 14.2. The molecule has 0 aliphatic carbocycles. The monoisotopic (exact) mass is 301 g/mol. The Morgan fingerprint density at radius 2 is 2.21 bits per heavy atom. The van der Waals surface area contributed by atoms with Crippen molar-refractivity contribution in [1.29, 1.82) is 0 Å². The van der Waals surface area contributed by atoms with Gasteiger partial charge >= 0.3 is 0 Å². The van der Waals surface area contributed by atoms with E-state index < -0.39 is 10.0 Å². The summed E-state index contributed by atoms with van der Waals surface area (Å²) in [4.78, 5) is 4.32. The topological polar surface area (TPSA) is 98.2 Å². The molecule has 2 rings (SSSR count). The van der Waals surface area contributed by atoms with E-state index >= 15 is 0 Å². The highest BCUT2D eigenvalue weighted by molar-refractivity contribution is 7.89. The van der Waals surface area contributed by atoms with Crippen molar-refractivity contribution < 1.29 is 12.8 Å². The van der Waals surface area contributed by atoms with Crippen molar-refractivity contribution >= 4 is 21.4 Å². The van der Waals surface area contributed by atoms with E-state index in [0.717, 1.165) is 5.01 Å². The molecule has 2 heterocycles. The van der Waals surface area contributed by atoms with Crippen molar-refractivity contribution in [3.05, 3.63) is 33.7 Å². The maximum Gasteiger partial charge on any atom is 0.244 e. The van der Waals surface area contributed by atoms with E-state index in [9.17, 15) is 8.42 Å². The van der Waals surface area contributed by atoms with Crippen molar-refractivity contribution in [1.82, 2.24) is 9.71 Å². The summed E-state index contributed by atoms with van der Waals surface area (Å²) in [6.45, 7) is 3.80. The van der Waals surface area contributed by atoms with Gasteiger partial charge in [0, 0.05) is 11.4 Å². The van der Waals surface area contributed by atoms with Gasteiger partial charge in [0.25, 0.3) is 0 Å². The zero-order chi connectivity index (χ0) is 14.0. The van der Waals surface area contributed by atoms with Crippen LogP contribution in [-0.2, 0) is 23.1 Å². The molecular weight excluding hydrogens is 286 g/mol. The summed E-state index contributed by atoms with van der Waals surface area (Å²) < 4.78 is 32.0. The van der Waals surface area contributed by atoms with Crippen LogP contribution >= 0.6 is 11.3 Å². The van der Waals surface area contributed by atoms with Gasteiger partial charge in [0.05, 0.1) is 23.8 Å². The normalized spacial score (nSPS) is 11.9. The van der Waals surface area contributed by atoms with Crippen LogP contribution < -0.4 is 10.5 Å². The highest BCUT2D eigenvalue weighted by atomic mass is 32.2. The third kappa shape index (κ3) is 3.21. The second-order valence-corrected chi connectivity index (χ2v) is 6.82. The summed E-state index contributed by atoms with van der Waals surface area (Å²) in [5, 5.41) is 2.73. The molecule has 0 radical (unpaired) electrons. The molecule has 0 amide bonds. The van der Waals surface area contributed by atoms with E-state index in [-0.39, 0.29) is 18.0 Å². The van der Waals surface area contributed by atoms with Crippen LogP contribution in [0.1, 0.15) is 22.2 Å². The highest BCUT2D eigenvalue weighted by Crippen LogP contribution is 2.20. The molecular formula is C11H15N3O3S2. The summed E-state index contributed by atoms with van der Waals surface area (Å²) in [5.74, 6) is 0.782. The lowest BCUT2D eigenvalue weighted by molar-refractivity contribution is 0.478. The third-order valence-corrected chi connectivity index (χ3v) is 4.85. The average molecular weight is 301 g/mol. The van der Waals surface area contributed by atoms with Crippen LogP contribution in [0.15, 0.2) is 20.8 Å². The Balaban J connectivity index is 2.15. The van der Waals surface area contributed by atoms with E-state index in [1.54, 1.807) is 6.92 Å². The largest absolute Gasteiger partial charge is 0.464 e. The fourth-order valence-electron chi connectivity index (χ4n) is 1.63. The number of nitrogens with zero attached hydrogens (tertiary/aromatic N) is 1. The Morgan fingerprint density at radius 3 is 2.74 bits per heavy atom. The SMILES string of the molecule is Cc1nc(CNS(=O)(=O)c2cc(CN)oc2C)cs1. The minimum Gasteiger partial charge on any atom is -0.464 e. The smallest absolute Gasteiger partial charge is 0.244 e. The number of sulfonamides is 1. The predicted molar refractivity (Wildman–Crippen MR) is 72.2 cm³/mol. The van der Waals surface area contributed by atoms with Gasteiger partial charge in [0.2, 0.25) is 10.0 Å². The maximum atomic E-state index is 12.1. The first-order chi connectivity index (χ1) is 8.92. The Bertz CT molecular complexity index is 673. The number of rotatable bonds is 5. The molecule has 0 saturated carbocycles. The summed E-state index contributed by atoms with van der Waals surface area (Å²) in [6, 6.07) is 1.45. The molecule has 6 nitrogen and oxygen atoms in total. The zero-order valence-electron chi connectivity index (χ0n) is 10.6. The molecule has 2 aromatic rings. The molecule has 0 aromatic carbocycles. The van der Waals surface area contributed by atoms with Crippen LogP contribution in [-0.4, -0.2) is 13.4 Å². The van der Waals surface area contributed by atoms with Gasteiger partial charge in [-0.05, 0) is 13.8 Å². The van der Waals surface area contributed by atoms with Gasteiger partial charge in [-0.15, -0.1) is 11.3 Å². The van der Waals surface area contributed by atoms with Crippen molar-refractivity contribution in [2.24, 2.45) is 5.73 Å². The Hall–Kier alpha value is -1.22. The second-order valence-electron chi connectivity index (χ2n) is 4.02. The van der Waals surface area contributed by atoms with Crippen molar-refractivity contribution in [3.8, 4) is 0 Å². The number of furan rings is 1. The lowest BCUT2D eigenvalue weighted by Crippen LogP contribution is -2.23. The Morgan fingerprint density at radius 1 is 1.47 bits per heavy atom. The lowest BCUT2D eigenvalue weighted by atomic mass is 10.4. The predicted octanol–water partition coefficient (Wildman–Crippen LogP) is 1.29. The van der Waals surface area contributed by atoms with E-state index in [1.165, 1.54) is 17.4 Å². The molecule has 0 bridgehead atoms. The van der Waals surface area contributed by atoms with Gasteiger partial charge in [-0.3, -0.25) is 0 Å². The van der Waals surface area contributed by atoms with E-state index in [4.69, 9.17) is 10.2 Å². The Labute approximate surface area is 115 Å². The van der Waals surface area contributed by atoms with Gasteiger partial charge in [-0.2, -0.15) is 0 Å². The fraction of sp³-hybridized carbons (Fsp3) is 0.364. The van der Waals surface area contributed by atoms with Crippen LogP contribution in [0.2, 0.25) is 0 Å². The number of aromatic nitrogens is 1. The fourth-order valence-corrected chi connectivity index (χ4v) is 3.44. The van der Waals surface area contributed by atoms with Crippen LogP contribution in [0.5, 0.6) is 0 Å². The van der Waals surface area contributed by atoms with Gasteiger partial charge in [0.15, 0.2) is 0 Å². The first-order valence-electron chi connectivity index (χ1n) is 5.62. The molecule has 0 spiro atoms. The number of nitrogens with one attached hydrogen (secondary N) is 1. The number of hydrogen-bond acceptors (Lipinski definition) is 6. The molecule has 0 unspecified atom stereocenters. The number of nitrogens with two attached hydrogens (primary N) is 1. The standard InChI is InChI=1S/C11H15N3O3S2/c1-7-11(3-10(4-12)17-7)19(15,16)13-5-9-6-18-8(2)14-9/h3,6,13H,4-5,12H2,1-2H3. The Kier molecular flexibility index (Phi) is 4.04. The summed E-state index contributed by atoms with van der Waals surface area (Å²) in [6.07, 6.45) is 0. The third-order valence-electron chi connectivity index (χ3n) is 2.52. The van der Waals surface area contributed by atoms with Crippen LogP contribution in [0.3, 0.4) is 0 Å². The van der Waals surface area contributed by atoms with Crippen LogP contribution in [0.25, 0.3) is 0 Å². The van der Waals surface area contributed by atoms with Crippen LogP contribution in [0.4, 0.5) is 0 Å². The number of thiazole rings is 1. The van der Waals surface area contributed by atoms with Gasteiger partial charge in [-0.25, -0.2) is 18.1 Å². The number of hydrogen-bond donors (Lipinski definition) is 2. The van der Waals surface area contributed by atoms with Crippen molar-refractivity contribution in [3.63, 3.8) is 0 Å². The quantitative estimate of drug-likeness (QED) is 0.867. The van der Waals surface area contributed by atoms with Gasteiger partial charge in [-0.1, -0.05) is 0 Å². The van der Waals surface area contributed by atoms with E-state index in [1.807, 2.05) is 12.3 Å². The molecule has 104 valence electrons. The molecule has 0 aliphatic heterocycles. The molecule has 0 aliphatic rings. The summed E-state index contributed by atoms with van der Waals surface area (Å²) in [5.41, 5.74) is 6.13. The maximum absolute atomic E-state index is 12.1.